The summed E-state index contributed by atoms with van der Waals surface area (Å²) in [7, 11) is 0. The summed E-state index contributed by atoms with van der Waals surface area (Å²) >= 11 is 0. The van der Waals surface area contributed by atoms with Gasteiger partial charge < -0.3 is 14.8 Å². The zero-order chi connectivity index (χ0) is 16.0. The van der Waals surface area contributed by atoms with E-state index in [1.165, 1.54) is 5.56 Å². The van der Waals surface area contributed by atoms with Gasteiger partial charge in [0.15, 0.2) is 0 Å². The molecule has 0 amide bonds. The summed E-state index contributed by atoms with van der Waals surface area (Å²) in [6.07, 6.45) is 5.48. The lowest BCUT2D eigenvalue weighted by molar-refractivity contribution is 0.0543. The normalized spacial score (nSPS) is 16.7. The average molecular weight is 313 g/mol. The van der Waals surface area contributed by atoms with Crippen LogP contribution in [-0.4, -0.2) is 36.3 Å². The Morgan fingerprint density at radius 1 is 1.13 bits per heavy atom. The van der Waals surface area contributed by atoms with E-state index in [1.54, 1.807) is 12.4 Å². The summed E-state index contributed by atoms with van der Waals surface area (Å²) in [4.78, 5) is 8.51. The molecule has 1 aromatic heterocycles. The van der Waals surface area contributed by atoms with Gasteiger partial charge in [-0.05, 0) is 43.5 Å². The molecule has 1 fully saturated rings. The van der Waals surface area contributed by atoms with Crippen LogP contribution in [0.1, 0.15) is 25.3 Å². The molecule has 1 N–H and O–H groups in total. The van der Waals surface area contributed by atoms with Crippen molar-refractivity contribution in [1.82, 2.24) is 9.97 Å². The summed E-state index contributed by atoms with van der Waals surface area (Å²) in [6.45, 7) is 5.05. The van der Waals surface area contributed by atoms with E-state index in [-0.39, 0.29) is 5.41 Å². The quantitative estimate of drug-likeness (QED) is 0.888. The first kappa shape index (κ1) is 15.7. The van der Waals surface area contributed by atoms with Crippen LogP contribution in [-0.2, 0) is 10.2 Å². The number of aromatic nitrogens is 2. The van der Waals surface area contributed by atoms with E-state index >= 15 is 0 Å². The molecule has 0 radical (unpaired) electrons. The Kier molecular flexibility index (Phi) is 5.08. The Labute approximate surface area is 137 Å². The smallest absolute Gasteiger partial charge is 0.222 e. The molecular weight excluding hydrogens is 290 g/mol. The van der Waals surface area contributed by atoms with Crippen molar-refractivity contribution in [2.45, 2.75) is 25.2 Å². The third-order valence-electron chi connectivity index (χ3n) is 4.38. The summed E-state index contributed by atoms with van der Waals surface area (Å²) in [5.74, 6) is 1.59. The van der Waals surface area contributed by atoms with Crippen LogP contribution in [0.2, 0.25) is 0 Å². The zero-order valence-corrected chi connectivity index (χ0v) is 13.5. The monoisotopic (exact) mass is 313 g/mol. The minimum atomic E-state index is 0.0438. The molecule has 1 aliphatic heterocycles. The lowest BCUT2D eigenvalue weighted by Crippen LogP contribution is -2.40. The van der Waals surface area contributed by atoms with E-state index in [9.17, 15) is 0 Å². The molecular formula is C18H23N3O2. The van der Waals surface area contributed by atoms with Gasteiger partial charge in [0.2, 0.25) is 5.95 Å². The molecule has 2 heterocycles. The van der Waals surface area contributed by atoms with Crippen molar-refractivity contribution in [2.75, 3.05) is 31.7 Å². The van der Waals surface area contributed by atoms with Crippen LogP contribution in [0.15, 0.2) is 42.7 Å². The van der Waals surface area contributed by atoms with E-state index in [4.69, 9.17) is 9.47 Å². The van der Waals surface area contributed by atoms with E-state index in [2.05, 4.69) is 39.6 Å². The van der Waals surface area contributed by atoms with E-state index < -0.39 is 0 Å². The fourth-order valence-electron chi connectivity index (χ4n) is 3.04. The van der Waals surface area contributed by atoms with Crippen LogP contribution in [0.25, 0.3) is 0 Å². The van der Waals surface area contributed by atoms with Gasteiger partial charge in [0.1, 0.15) is 5.75 Å². The Bertz CT molecular complexity index is 595. The van der Waals surface area contributed by atoms with E-state index in [1.807, 2.05) is 13.0 Å². The molecule has 0 spiro atoms. The highest BCUT2D eigenvalue weighted by molar-refractivity contribution is 5.35. The van der Waals surface area contributed by atoms with Gasteiger partial charge in [0.25, 0.3) is 0 Å². The highest BCUT2D eigenvalue weighted by Gasteiger charge is 2.34. The maximum atomic E-state index is 5.58. The van der Waals surface area contributed by atoms with Crippen molar-refractivity contribution in [3.63, 3.8) is 0 Å². The van der Waals surface area contributed by atoms with Crippen molar-refractivity contribution in [3.05, 3.63) is 48.3 Å². The van der Waals surface area contributed by atoms with Gasteiger partial charge in [-0.25, -0.2) is 9.97 Å². The van der Waals surface area contributed by atoms with Crippen LogP contribution in [0.5, 0.6) is 5.75 Å². The molecule has 5 heteroatoms. The van der Waals surface area contributed by atoms with Gasteiger partial charge in [-0.15, -0.1) is 0 Å². The van der Waals surface area contributed by atoms with Crippen molar-refractivity contribution >= 4 is 5.95 Å². The fraction of sp³-hybridized carbons (Fsp3) is 0.444. The maximum Gasteiger partial charge on any atom is 0.222 e. The van der Waals surface area contributed by atoms with Crippen LogP contribution in [0.3, 0.4) is 0 Å². The summed E-state index contributed by atoms with van der Waals surface area (Å²) < 4.78 is 11.1. The first-order chi connectivity index (χ1) is 11.3. The van der Waals surface area contributed by atoms with E-state index in [0.29, 0.717) is 12.6 Å². The van der Waals surface area contributed by atoms with Crippen LogP contribution in [0.4, 0.5) is 5.95 Å². The zero-order valence-electron chi connectivity index (χ0n) is 13.5. The average Bonchev–Trinajstić information content (AvgIpc) is 2.63. The first-order valence-corrected chi connectivity index (χ1v) is 8.14. The molecule has 0 saturated carbocycles. The van der Waals surface area contributed by atoms with Crippen LogP contribution in [0, 0.1) is 0 Å². The van der Waals surface area contributed by atoms with Gasteiger partial charge in [-0.1, -0.05) is 12.1 Å². The number of rotatable bonds is 6. The molecule has 1 saturated heterocycles. The second-order valence-electron chi connectivity index (χ2n) is 5.78. The first-order valence-electron chi connectivity index (χ1n) is 8.14. The third kappa shape index (κ3) is 3.79. The highest BCUT2D eigenvalue weighted by atomic mass is 16.5. The summed E-state index contributed by atoms with van der Waals surface area (Å²) in [5, 5.41) is 3.38. The molecule has 1 aliphatic rings. The SMILES string of the molecule is CCOc1ccc(C2(CNc3ncccn3)CCOCC2)cc1. The molecule has 3 rings (SSSR count). The molecule has 0 unspecified atom stereocenters. The number of nitrogens with one attached hydrogen (secondary N) is 1. The fourth-order valence-corrected chi connectivity index (χ4v) is 3.04. The summed E-state index contributed by atoms with van der Waals surface area (Å²) in [5.41, 5.74) is 1.36. The topological polar surface area (TPSA) is 56.3 Å². The Morgan fingerprint density at radius 2 is 1.83 bits per heavy atom. The number of hydrogen-bond donors (Lipinski definition) is 1. The lowest BCUT2D eigenvalue weighted by atomic mass is 9.74. The lowest BCUT2D eigenvalue weighted by Gasteiger charge is -2.38. The number of anilines is 1. The predicted molar refractivity (Wildman–Crippen MR) is 89.9 cm³/mol. The maximum absolute atomic E-state index is 5.58. The van der Waals surface area contributed by atoms with Gasteiger partial charge in [0.05, 0.1) is 6.61 Å². The van der Waals surface area contributed by atoms with Gasteiger partial charge in [-0.2, -0.15) is 0 Å². The largest absolute Gasteiger partial charge is 0.494 e. The molecule has 0 aliphatic carbocycles. The molecule has 5 nitrogen and oxygen atoms in total. The third-order valence-corrected chi connectivity index (χ3v) is 4.38. The number of hydrogen-bond acceptors (Lipinski definition) is 5. The molecule has 2 aromatic rings. The van der Waals surface area contributed by atoms with Crippen LogP contribution >= 0.6 is 0 Å². The molecule has 122 valence electrons. The Morgan fingerprint density at radius 3 is 2.48 bits per heavy atom. The molecule has 1 aromatic carbocycles. The number of ether oxygens (including phenoxy) is 2. The minimum absolute atomic E-state index is 0.0438. The van der Waals surface area contributed by atoms with Gasteiger partial charge in [0, 0.05) is 37.6 Å². The van der Waals surface area contributed by atoms with Crippen molar-refractivity contribution in [1.29, 1.82) is 0 Å². The Hall–Kier alpha value is -2.14. The highest BCUT2D eigenvalue weighted by Crippen LogP contribution is 2.35. The molecule has 23 heavy (non-hydrogen) atoms. The summed E-state index contributed by atoms with van der Waals surface area (Å²) in [6, 6.07) is 10.3. The van der Waals surface area contributed by atoms with Crippen molar-refractivity contribution in [2.24, 2.45) is 0 Å². The second-order valence-corrected chi connectivity index (χ2v) is 5.78. The molecule has 0 bridgehead atoms. The molecule has 0 atom stereocenters. The number of benzene rings is 1. The van der Waals surface area contributed by atoms with E-state index in [0.717, 1.165) is 38.3 Å². The standard InChI is InChI=1S/C18H23N3O2/c1-2-23-16-6-4-15(5-7-16)18(8-12-22-13-9-18)14-21-17-19-10-3-11-20-17/h3-7,10-11H,2,8-9,12-14H2,1H3,(H,19,20,21). The number of nitrogens with zero attached hydrogens (tertiary/aromatic N) is 2. The van der Waals surface area contributed by atoms with Crippen molar-refractivity contribution in [3.8, 4) is 5.75 Å². The minimum Gasteiger partial charge on any atom is -0.494 e. The Balaban J connectivity index is 1.78. The predicted octanol–water partition coefficient (Wildman–Crippen LogP) is 3.04. The van der Waals surface area contributed by atoms with Gasteiger partial charge >= 0.3 is 0 Å². The second kappa shape index (κ2) is 7.42. The van der Waals surface area contributed by atoms with Gasteiger partial charge in [-0.3, -0.25) is 0 Å². The van der Waals surface area contributed by atoms with Crippen LogP contribution < -0.4 is 10.1 Å². The van der Waals surface area contributed by atoms with Crippen molar-refractivity contribution < 1.29 is 9.47 Å².